The summed E-state index contributed by atoms with van der Waals surface area (Å²) in [5.74, 6) is 3.32. The predicted molar refractivity (Wildman–Crippen MR) is 163 cm³/mol. The van der Waals surface area contributed by atoms with Gasteiger partial charge in [0.25, 0.3) is 0 Å². The van der Waals surface area contributed by atoms with Crippen LogP contribution in [0, 0.1) is 0 Å². The second-order valence-electron chi connectivity index (χ2n) is 11.0. The molecular weight excluding hydrogens is 504 g/mol. The lowest BCUT2D eigenvalue weighted by molar-refractivity contribution is 0.474. The fourth-order valence-corrected chi connectivity index (χ4v) is 6.06. The van der Waals surface area contributed by atoms with Gasteiger partial charge in [-0.2, -0.15) is 9.97 Å². The molecule has 0 amide bonds. The summed E-state index contributed by atoms with van der Waals surface area (Å²) in [6.45, 7) is 4.56. The average Bonchev–Trinajstić information content (AvgIpc) is 3.25. The van der Waals surface area contributed by atoms with E-state index in [2.05, 4.69) is 61.2 Å². The molecule has 41 heavy (non-hydrogen) atoms. The summed E-state index contributed by atoms with van der Waals surface area (Å²) in [6, 6.07) is 41.3. The van der Waals surface area contributed by atoms with Gasteiger partial charge >= 0.3 is 0 Å². The van der Waals surface area contributed by atoms with E-state index >= 15 is 0 Å². The van der Waals surface area contributed by atoms with Crippen LogP contribution >= 0.6 is 0 Å². The monoisotopic (exact) mass is 530 g/mol. The summed E-state index contributed by atoms with van der Waals surface area (Å²) in [5.41, 5.74) is 8.54. The maximum Gasteiger partial charge on any atom is 0.239 e. The quantitative estimate of drug-likeness (QED) is 0.228. The highest BCUT2D eigenvalue weighted by Gasteiger charge is 2.38. The standard InChI is InChI=1S/C36H26N4O/c1-36(2)27-18-10-9-17-25(27)26-21-30-32(22-28(26)36)41-31-20-12-11-19-29(31)40(30)35-38-33(23-13-5-3-6-14-23)37-34(39-35)24-15-7-4-8-16-24/h3-22H,1-2H3. The summed E-state index contributed by atoms with van der Waals surface area (Å²) in [7, 11) is 0. The van der Waals surface area contributed by atoms with Crippen molar-refractivity contribution in [3.63, 3.8) is 0 Å². The lowest BCUT2D eigenvalue weighted by Crippen LogP contribution is -2.20. The Bertz CT molecular complexity index is 1890. The zero-order valence-electron chi connectivity index (χ0n) is 22.7. The summed E-state index contributed by atoms with van der Waals surface area (Å²) < 4.78 is 6.56. The number of hydrogen-bond donors (Lipinski definition) is 0. The first-order chi connectivity index (χ1) is 20.1. The van der Waals surface area contributed by atoms with Gasteiger partial charge in [-0.15, -0.1) is 0 Å². The molecule has 196 valence electrons. The van der Waals surface area contributed by atoms with E-state index in [1.165, 1.54) is 22.3 Å². The minimum absolute atomic E-state index is 0.139. The number of benzene rings is 5. The van der Waals surface area contributed by atoms with E-state index in [1.807, 2.05) is 78.9 Å². The third-order valence-corrected chi connectivity index (χ3v) is 8.12. The Labute approximate surface area is 238 Å². The van der Waals surface area contributed by atoms with Crippen LogP contribution in [-0.2, 0) is 5.41 Å². The van der Waals surface area contributed by atoms with Gasteiger partial charge in [-0.1, -0.05) is 111 Å². The summed E-state index contributed by atoms with van der Waals surface area (Å²) in [4.78, 5) is 17.2. The summed E-state index contributed by atoms with van der Waals surface area (Å²) in [5, 5.41) is 0. The molecular formula is C36H26N4O. The fraction of sp³-hybridized carbons (Fsp3) is 0.0833. The first-order valence-corrected chi connectivity index (χ1v) is 13.8. The number of para-hydroxylation sites is 2. The van der Waals surface area contributed by atoms with E-state index in [4.69, 9.17) is 19.7 Å². The molecule has 0 saturated heterocycles. The van der Waals surface area contributed by atoms with Gasteiger partial charge in [0.1, 0.15) is 0 Å². The highest BCUT2D eigenvalue weighted by atomic mass is 16.5. The molecule has 8 rings (SSSR count). The van der Waals surface area contributed by atoms with Crippen molar-refractivity contribution in [1.82, 2.24) is 15.0 Å². The molecule has 5 heteroatoms. The SMILES string of the molecule is CC1(C)c2ccccc2-c2cc3c(cc21)Oc1ccccc1N3c1nc(-c2ccccc2)nc(-c2ccccc2)n1. The van der Waals surface area contributed by atoms with Crippen LogP contribution in [0.1, 0.15) is 25.0 Å². The summed E-state index contributed by atoms with van der Waals surface area (Å²) >= 11 is 0. The Kier molecular flexibility index (Phi) is 5.10. The van der Waals surface area contributed by atoms with E-state index < -0.39 is 0 Å². The molecule has 0 saturated carbocycles. The molecule has 2 aliphatic rings. The topological polar surface area (TPSA) is 51.1 Å². The van der Waals surface area contributed by atoms with Crippen molar-refractivity contribution >= 4 is 17.3 Å². The molecule has 6 aromatic rings. The molecule has 2 heterocycles. The van der Waals surface area contributed by atoms with Crippen LogP contribution in [0.4, 0.5) is 17.3 Å². The number of aromatic nitrogens is 3. The Morgan fingerprint density at radius 2 is 1.15 bits per heavy atom. The molecule has 0 atom stereocenters. The van der Waals surface area contributed by atoms with Crippen LogP contribution in [0.25, 0.3) is 33.9 Å². The maximum atomic E-state index is 6.56. The number of nitrogens with zero attached hydrogens (tertiary/aromatic N) is 4. The van der Waals surface area contributed by atoms with Crippen molar-refractivity contribution < 1.29 is 4.74 Å². The molecule has 0 radical (unpaired) electrons. The van der Waals surface area contributed by atoms with Gasteiger partial charge in [-0.05, 0) is 46.5 Å². The molecule has 0 bridgehead atoms. The van der Waals surface area contributed by atoms with Crippen molar-refractivity contribution in [2.75, 3.05) is 4.90 Å². The van der Waals surface area contributed by atoms with Gasteiger partial charge in [-0.25, -0.2) is 4.98 Å². The lowest BCUT2D eigenvalue weighted by atomic mass is 9.82. The number of hydrogen-bond acceptors (Lipinski definition) is 5. The van der Waals surface area contributed by atoms with E-state index in [9.17, 15) is 0 Å². The van der Waals surface area contributed by atoms with Crippen molar-refractivity contribution in [1.29, 1.82) is 0 Å². The minimum atomic E-state index is -0.139. The molecule has 5 nitrogen and oxygen atoms in total. The second-order valence-corrected chi connectivity index (χ2v) is 11.0. The molecule has 1 aliphatic carbocycles. The second kappa shape index (κ2) is 8.86. The largest absolute Gasteiger partial charge is 0.453 e. The van der Waals surface area contributed by atoms with Gasteiger partial charge in [-0.3, -0.25) is 4.90 Å². The van der Waals surface area contributed by atoms with E-state index in [-0.39, 0.29) is 5.41 Å². The predicted octanol–water partition coefficient (Wildman–Crippen LogP) is 9.09. The fourth-order valence-electron chi connectivity index (χ4n) is 6.06. The van der Waals surface area contributed by atoms with Crippen LogP contribution < -0.4 is 9.64 Å². The maximum absolute atomic E-state index is 6.56. The van der Waals surface area contributed by atoms with Crippen molar-refractivity contribution in [2.24, 2.45) is 0 Å². The van der Waals surface area contributed by atoms with Crippen LogP contribution in [0.15, 0.2) is 121 Å². The first kappa shape index (κ1) is 23.6. The molecule has 0 unspecified atom stereocenters. The van der Waals surface area contributed by atoms with Crippen molar-refractivity contribution in [2.45, 2.75) is 19.3 Å². The third-order valence-electron chi connectivity index (χ3n) is 8.12. The Morgan fingerprint density at radius 1 is 0.537 bits per heavy atom. The highest BCUT2D eigenvalue weighted by molar-refractivity contribution is 5.91. The number of rotatable bonds is 3. The molecule has 0 fully saturated rings. The zero-order valence-corrected chi connectivity index (χ0v) is 22.7. The van der Waals surface area contributed by atoms with Gasteiger partial charge < -0.3 is 4.74 Å². The Hall–Kier alpha value is -5.29. The normalized spacial score (nSPS) is 14.0. The van der Waals surface area contributed by atoms with Gasteiger partial charge in [0.2, 0.25) is 5.95 Å². The molecule has 0 spiro atoms. The number of fused-ring (bicyclic) bond motifs is 5. The molecule has 1 aliphatic heterocycles. The number of anilines is 3. The van der Waals surface area contributed by atoms with Crippen LogP contribution in [0.3, 0.4) is 0 Å². The van der Waals surface area contributed by atoms with E-state index in [0.717, 1.165) is 34.0 Å². The minimum Gasteiger partial charge on any atom is -0.453 e. The van der Waals surface area contributed by atoms with Gasteiger partial charge in [0, 0.05) is 16.5 Å². The molecule has 0 N–H and O–H groups in total. The molecule has 5 aromatic carbocycles. The van der Waals surface area contributed by atoms with Crippen LogP contribution in [-0.4, -0.2) is 15.0 Å². The van der Waals surface area contributed by atoms with Crippen molar-refractivity contribution in [3.8, 4) is 45.4 Å². The van der Waals surface area contributed by atoms with Gasteiger partial charge in [0.15, 0.2) is 23.1 Å². The van der Waals surface area contributed by atoms with Crippen LogP contribution in [0.5, 0.6) is 11.5 Å². The van der Waals surface area contributed by atoms with E-state index in [0.29, 0.717) is 17.6 Å². The van der Waals surface area contributed by atoms with Gasteiger partial charge in [0.05, 0.1) is 11.4 Å². The van der Waals surface area contributed by atoms with Crippen molar-refractivity contribution in [3.05, 3.63) is 132 Å². The Morgan fingerprint density at radius 3 is 1.85 bits per heavy atom. The first-order valence-electron chi connectivity index (χ1n) is 13.8. The average molecular weight is 531 g/mol. The number of ether oxygens (including phenoxy) is 1. The molecule has 1 aromatic heterocycles. The summed E-state index contributed by atoms with van der Waals surface area (Å²) in [6.07, 6.45) is 0. The Balaban J connectivity index is 1.40. The highest BCUT2D eigenvalue weighted by Crippen LogP contribution is 2.56. The smallest absolute Gasteiger partial charge is 0.239 e. The van der Waals surface area contributed by atoms with Crippen LogP contribution in [0.2, 0.25) is 0 Å². The third kappa shape index (κ3) is 3.66. The van der Waals surface area contributed by atoms with E-state index in [1.54, 1.807) is 0 Å². The zero-order chi connectivity index (χ0) is 27.6. The lowest BCUT2D eigenvalue weighted by Gasteiger charge is -2.32.